The number of rotatable bonds is 7. The van der Waals surface area contributed by atoms with Crippen LogP contribution in [0.2, 0.25) is 0 Å². The molecule has 0 bridgehead atoms. The normalized spacial score (nSPS) is 15.2. The summed E-state index contributed by atoms with van der Waals surface area (Å²) in [6.45, 7) is 9.99. The average Bonchev–Trinajstić information content (AvgIpc) is 2.24. The van der Waals surface area contributed by atoms with Gasteiger partial charge in [-0.15, -0.1) is 0 Å². The van der Waals surface area contributed by atoms with E-state index in [9.17, 15) is 0 Å². The molecule has 0 aromatic heterocycles. The minimum atomic E-state index is -0.792. The van der Waals surface area contributed by atoms with Crippen LogP contribution >= 0.6 is 20.4 Å². The van der Waals surface area contributed by atoms with Gasteiger partial charge in [-0.05, 0) is 49.9 Å². The molecular weight excluding hydrogens is 236 g/mol. The highest BCUT2D eigenvalue weighted by atomic mass is 32.3. The Hall–Kier alpha value is 0.1000. The number of nitrogens with zero attached hydrogens (tertiary/aromatic N) is 2. The fourth-order valence-corrected chi connectivity index (χ4v) is 2.62. The molecule has 0 N–H and O–H groups in total. The Morgan fingerprint density at radius 2 is 1.06 bits per heavy atom. The lowest BCUT2D eigenvalue weighted by Gasteiger charge is -2.42. The van der Waals surface area contributed by atoms with Gasteiger partial charge in [0, 0.05) is 13.1 Å². The van der Waals surface area contributed by atoms with Gasteiger partial charge in [-0.1, -0.05) is 13.2 Å². The summed E-state index contributed by atoms with van der Waals surface area (Å²) in [5.41, 5.74) is 0. The van der Waals surface area contributed by atoms with Crippen LogP contribution in [0.3, 0.4) is 0 Å². The first-order valence-corrected chi connectivity index (χ1v) is 10.3. The van der Waals surface area contributed by atoms with Gasteiger partial charge < -0.3 is 0 Å². The lowest BCUT2D eigenvalue weighted by atomic mass is 10.6. The van der Waals surface area contributed by atoms with E-state index in [4.69, 9.17) is 0 Å². The van der Waals surface area contributed by atoms with Gasteiger partial charge in [0.25, 0.3) is 0 Å². The molecule has 2 nitrogen and oxygen atoms in total. The molecule has 0 saturated carbocycles. The Bertz CT molecular complexity index is 223. The van der Waals surface area contributed by atoms with Crippen molar-refractivity contribution in [3.8, 4) is 0 Å². The van der Waals surface area contributed by atoms with E-state index in [0.29, 0.717) is 0 Å². The molecule has 0 radical (unpaired) electrons. The minimum absolute atomic E-state index is 0.792. The lowest BCUT2D eigenvalue weighted by Crippen LogP contribution is -2.32. The van der Waals surface area contributed by atoms with Crippen LogP contribution in [0.1, 0.15) is 0 Å². The number of hydrogen-bond acceptors (Lipinski definition) is 2. The quantitative estimate of drug-likeness (QED) is 0.697. The van der Waals surface area contributed by atoms with Crippen LogP contribution in [-0.2, 0) is 0 Å². The van der Waals surface area contributed by atoms with E-state index in [1.807, 2.05) is 0 Å². The standard InChI is InChI=1S/C12H28N2S2/c1-9-15(5,6)13(3)11-12-14(4)16(7,8)10-2/h9-10H,1-2,11-12H2,3-8H3. The Morgan fingerprint density at radius 1 is 0.812 bits per heavy atom. The summed E-state index contributed by atoms with van der Waals surface area (Å²) in [5, 5.41) is 4.16. The highest BCUT2D eigenvalue weighted by Crippen LogP contribution is 2.46. The second kappa shape index (κ2) is 6.15. The lowest BCUT2D eigenvalue weighted by molar-refractivity contribution is 0.461. The third-order valence-corrected chi connectivity index (χ3v) is 8.36. The third-order valence-electron chi connectivity index (χ3n) is 3.15. The monoisotopic (exact) mass is 264 g/mol. The molecule has 0 heterocycles. The van der Waals surface area contributed by atoms with Crippen molar-refractivity contribution in [2.45, 2.75) is 0 Å². The fourth-order valence-electron chi connectivity index (χ4n) is 1.01. The van der Waals surface area contributed by atoms with E-state index in [1.54, 1.807) is 0 Å². The molecule has 0 aromatic rings. The van der Waals surface area contributed by atoms with Crippen LogP contribution in [0.4, 0.5) is 0 Å². The van der Waals surface area contributed by atoms with E-state index in [1.165, 1.54) is 0 Å². The van der Waals surface area contributed by atoms with Gasteiger partial charge in [-0.2, -0.15) is 20.4 Å². The maximum atomic E-state index is 3.92. The molecule has 0 atom stereocenters. The maximum Gasteiger partial charge on any atom is 0.0211 e. The smallest absolute Gasteiger partial charge is 0.0211 e. The first kappa shape index (κ1) is 16.1. The van der Waals surface area contributed by atoms with E-state index in [0.717, 1.165) is 13.1 Å². The van der Waals surface area contributed by atoms with Gasteiger partial charge in [0.1, 0.15) is 0 Å². The topological polar surface area (TPSA) is 6.48 Å². The Kier molecular flexibility index (Phi) is 6.18. The van der Waals surface area contributed by atoms with E-state index < -0.39 is 20.4 Å². The average molecular weight is 265 g/mol. The van der Waals surface area contributed by atoms with Gasteiger partial charge in [0.05, 0.1) is 0 Å². The molecule has 0 saturated heterocycles. The van der Waals surface area contributed by atoms with Crippen LogP contribution < -0.4 is 0 Å². The first-order chi connectivity index (χ1) is 7.17. The van der Waals surface area contributed by atoms with Gasteiger partial charge in [0.15, 0.2) is 0 Å². The molecule has 0 aliphatic heterocycles. The molecule has 0 aliphatic rings. The second-order valence-electron chi connectivity index (χ2n) is 4.74. The highest BCUT2D eigenvalue weighted by molar-refractivity contribution is 8.33. The Morgan fingerprint density at radius 3 is 1.25 bits per heavy atom. The molecular formula is C12H28N2S2. The molecule has 0 fully saturated rings. The van der Waals surface area contributed by atoms with Crippen LogP contribution in [-0.4, -0.2) is 60.8 Å². The van der Waals surface area contributed by atoms with Crippen LogP contribution in [0.25, 0.3) is 0 Å². The van der Waals surface area contributed by atoms with E-state index in [-0.39, 0.29) is 0 Å². The van der Waals surface area contributed by atoms with Gasteiger partial charge in [-0.25, -0.2) is 0 Å². The van der Waals surface area contributed by atoms with Crippen molar-refractivity contribution in [1.29, 1.82) is 0 Å². The summed E-state index contributed by atoms with van der Waals surface area (Å²) in [6, 6.07) is 0. The highest BCUT2D eigenvalue weighted by Gasteiger charge is 2.17. The van der Waals surface area contributed by atoms with Gasteiger partial charge in [0.2, 0.25) is 0 Å². The zero-order valence-electron chi connectivity index (χ0n) is 11.7. The number of hydrogen-bond donors (Lipinski definition) is 0. The van der Waals surface area contributed by atoms with Crippen molar-refractivity contribution in [2.24, 2.45) is 0 Å². The fraction of sp³-hybridized carbons (Fsp3) is 0.667. The summed E-state index contributed by atoms with van der Waals surface area (Å²) >= 11 is 0. The summed E-state index contributed by atoms with van der Waals surface area (Å²) in [7, 11) is 2.78. The van der Waals surface area contributed by atoms with Crippen molar-refractivity contribution in [1.82, 2.24) is 8.61 Å². The number of likely N-dealkylation sites (N-methyl/N-ethyl adjacent to an activating group) is 2. The maximum absolute atomic E-state index is 3.92. The summed E-state index contributed by atoms with van der Waals surface area (Å²) in [6.07, 6.45) is 9.08. The second-order valence-corrected chi connectivity index (χ2v) is 12.1. The first-order valence-electron chi connectivity index (χ1n) is 5.31. The Balaban J connectivity index is 4.26. The van der Waals surface area contributed by atoms with Crippen LogP contribution in [0.15, 0.2) is 24.0 Å². The van der Waals surface area contributed by atoms with Gasteiger partial charge >= 0.3 is 0 Å². The van der Waals surface area contributed by atoms with Crippen molar-refractivity contribution >= 4 is 20.4 Å². The van der Waals surface area contributed by atoms with E-state index in [2.05, 4.69) is 71.7 Å². The zero-order chi connectivity index (χ0) is 13.0. The molecule has 98 valence electrons. The SMILES string of the molecule is C=CS(C)(C)N(C)CCN(C)S(C)(C)C=C. The summed E-state index contributed by atoms with van der Waals surface area (Å²) in [4.78, 5) is 0. The molecule has 4 heteroatoms. The summed E-state index contributed by atoms with van der Waals surface area (Å²) in [5.74, 6) is 0. The molecule has 0 spiro atoms. The minimum Gasteiger partial charge on any atom is -0.266 e. The molecule has 0 rings (SSSR count). The largest absolute Gasteiger partial charge is 0.266 e. The predicted octanol–water partition coefficient (Wildman–Crippen LogP) is 3.10. The van der Waals surface area contributed by atoms with Gasteiger partial charge in [-0.3, -0.25) is 8.61 Å². The summed E-state index contributed by atoms with van der Waals surface area (Å²) < 4.78 is 4.82. The molecule has 16 heavy (non-hydrogen) atoms. The molecule has 0 amide bonds. The molecule has 0 aromatic carbocycles. The van der Waals surface area contributed by atoms with Crippen LogP contribution in [0.5, 0.6) is 0 Å². The third kappa shape index (κ3) is 4.53. The molecule has 0 unspecified atom stereocenters. The Labute approximate surface area is 105 Å². The van der Waals surface area contributed by atoms with Crippen molar-refractivity contribution < 1.29 is 0 Å². The van der Waals surface area contributed by atoms with Crippen molar-refractivity contribution in [2.75, 3.05) is 52.2 Å². The van der Waals surface area contributed by atoms with Crippen molar-refractivity contribution in [3.05, 3.63) is 24.0 Å². The predicted molar refractivity (Wildman–Crippen MR) is 84.5 cm³/mol. The van der Waals surface area contributed by atoms with Crippen molar-refractivity contribution in [3.63, 3.8) is 0 Å². The van der Waals surface area contributed by atoms with Crippen LogP contribution in [0, 0.1) is 0 Å². The van der Waals surface area contributed by atoms with E-state index >= 15 is 0 Å². The zero-order valence-corrected chi connectivity index (χ0v) is 13.3. The molecule has 0 aliphatic carbocycles.